The Balaban J connectivity index is 1.41. The second-order valence-corrected chi connectivity index (χ2v) is 5.69. The number of fused-ring (bicyclic) bond motifs is 1. The van der Waals surface area contributed by atoms with Crippen LogP contribution in [-0.4, -0.2) is 30.9 Å². The molecular weight excluding hydrogens is 327 g/mol. The molecule has 1 unspecified atom stereocenters. The molecule has 0 spiro atoms. The van der Waals surface area contributed by atoms with Crippen molar-refractivity contribution in [3.05, 3.63) is 53.8 Å². The summed E-state index contributed by atoms with van der Waals surface area (Å²) in [4.78, 5) is 17.6. The summed E-state index contributed by atoms with van der Waals surface area (Å²) in [5, 5.41) is 6.68. The van der Waals surface area contributed by atoms with Crippen LogP contribution >= 0.6 is 0 Å². The number of nitrogens with one attached hydrogen (secondary N) is 1. The fourth-order valence-corrected chi connectivity index (χ4v) is 2.70. The molecule has 0 saturated heterocycles. The number of benzene rings is 2. The van der Waals surface area contributed by atoms with E-state index in [1.165, 1.54) is 12.1 Å². The van der Waals surface area contributed by atoms with Crippen molar-refractivity contribution in [1.82, 2.24) is 0 Å². The molecule has 0 aliphatic carbocycles. The number of hydrogen-bond acceptors (Lipinski definition) is 5. The Hall–Kier alpha value is -3.09. The number of carbonyl (C=O) groups is 1. The highest BCUT2D eigenvalue weighted by Gasteiger charge is 2.29. The second kappa shape index (κ2) is 6.43. The normalized spacial score (nSPS) is 18.3. The zero-order valence-corrected chi connectivity index (χ0v) is 13.2. The van der Waals surface area contributed by atoms with Crippen molar-refractivity contribution in [3.63, 3.8) is 0 Å². The Bertz CT molecular complexity index is 853. The van der Waals surface area contributed by atoms with E-state index < -0.39 is 6.10 Å². The van der Waals surface area contributed by atoms with Crippen LogP contribution in [0.3, 0.4) is 0 Å². The van der Waals surface area contributed by atoms with E-state index in [1.54, 1.807) is 30.3 Å². The van der Waals surface area contributed by atoms with Gasteiger partial charge in [-0.3, -0.25) is 4.79 Å². The minimum Gasteiger partial charge on any atom is -0.486 e. The van der Waals surface area contributed by atoms with Crippen molar-refractivity contribution in [2.24, 2.45) is 5.16 Å². The average molecular weight is 342 g/mol. The largest absolute Gasteiger partial charge is 0.486 e. The molecule has 1 amide bonds. The Morgan fingerprint density at radius 1 is 1.12 bits per heavy atom. The van der Waals surface area contributed by atoms with Crippen LogP contribution in [0, 0.1) is 5.82 Å². The van der Waals surface area contributed by atoms with Gasteiger partial charge in [0.25, 0.3) is 5.91 Å². The van der Waals surface area contributed by atoms with Crippen LogP contribution in [-0.2, 0) is 9.63 Å². The number of nitrogens with zero attached hydrogens (tertiary/aromatic N) is 1. The number of oxime groups is 1. The number of halogens is 1. The zero-order chi connectivity index (χ0) is 17.2. The van der Waals surface area contributed by atoms with Gasteiger partial charge >= 0.3 is 0 Å². The van der Waals surface area contributed by atoms with Crippen LogP contribution in [0.4, 0.5) is 10.1 Å². The monoisotopic (exact) mass is 342 g/mol. The van der Waals surface area contributed by atoms with Crippen molar-refractivity contribution < 1.29 is 23.5 Å². The maximum Gasteiger partial charge on any atom is 0.268 e. The molecule has 2 heterocycles. The fourth-order valence-electron chi connectivity index (χ4n) is 2.70. The molecule has 128 valence electrons. The van der Waals surface area contributed by atoms with Crippen LogP contribution < -0.4 is 14.8 Å². The van der Waals surface area contributed by atoms with Gasteiger partial charge in [0, 0.05) is 23.7 Å². The van der Waals surface area contributed by atoms with Crippen molar-refractivity contribution in [3.8, 4) is 11.5 Å². The zero-order valence-electron chi connectivity index (χ0n) is 13.2. The molecule has 2 aromatic carbocycles. The van der Waals surface area contributed by atoms with Crippen LogP contribution in [0.25, 0.3) is 0 Å². The molecule has 1 atom stereocenters. The van der Waals surface area contributed by atoms with E-state index in [4.69, 9.17) is 14.3 Å². The topological polar surface area (TPSA) is 69.2 Å². The highest BCUT2D eigenvalue weighted by atomic mass is 19.1. The van der Waals surface area contributed by atoms with Gasteiger partial charge in [0.1, 0.15) is 19.0 Å². The maximum absolute atomic E-state index is 13.3. The third-order valence-electron chi connectivity index (χ3n) is 3.93. The van der Waals surface area contributed by atoms with Crippen molar-refractivity contribution in [2.45, 2.75) is 12.5 Å². The van der Waals surface area contributed by atoms with E-state index in [-0.39, 0.29) is 18.1 Å². The van der Waals surface area contributed by atoms with Crippen LogP contribution in [0.2, 0.25) is 0 Å². The number of amides is 1. The predicted octanol–water partition coefficient (Wildman–Crippen LogP) is 2.73. The van der Waals surface area contributed by atoms with Crippen molar-refractivity contribution in [2.75, 3.05) is 18.5 Å². The van der Waals surface area contributed by atoms with E-state index >= 15 is 0 Å². The third kappa shape index (κ3) is 3.26. The lowest BCUT2D eigenvalue weighted by Gasteiger charge is -2.19. The van der Waals surface area contributed by atoms with E-state index in [0.717, 1.165) is 0 Å². The quantitative estimate of drug-likeness (QED) is 0.931. The lowest BCUT2D eigenvalue weighted by atomic mass is 10.0. The Kier molecular flexibility index (Phi) is 3.97. The first kappa shape index (κ1) is 15.4. The van der Waals surface area contributed by atoms with Gasteiger partial charge in [0.2, 0.25) is 6.10 Å². The number of hydrogen-bond donors (Lipinski definition) is 1. The number of anilines is 1. The molecule has 0 radical (unpaired) electrons. The molecule has 4 rings (SSSR count). The maximum atomic E-state index is 13.3. The summed E-state index contributed by atoms with van der Waals surface area (Å²) in [5.41, 5.74) is 1.73. The summed E-state index contributed by atoms with van der Waals surface area (Å²) in [6.07, 6.45) is -0.480. The molecular formula is C18H15FN2O4. The third-order valence-corrected chi connectivity index (χ3v) is 3.93. The lowest BCUT2D eigenvalue weighted by Crippen LogP contribution is -2.28. The highest BCUT2D eigenvalue weighted by molar-refractivity contribution is 6.06. The highest BCUT2D eigenvalue weighted by Crippen LogP contribution is 2.32. The molecule has 25 heavy (non-hydrogen) atoms. The SMILES string of the molecule is O=C(Nc1ccc2c(c1)OCCO2)C1CC(c2cccc(F)c2)=NO1. The lowest BCUT2D eigenvalue weighted by molar-refractivity contribution is -0.125. The molecule has 2 aliphatic rings. The van der Waals surface area contributed by atoms with Crippen LogP contribution in [0.1, 0.15) is 12.0 Å². The van der Waals surface area contributed by atoms with Crippen LogP contribution in [0.15, 0.2) is 47.6 Å². The predicted molar refractivity (Wildman–Crippen MR) is 88.5 cm³/mol. The Morgan fingerprint density at radius 3 is 2.80 bits per heavy atom. The second-order valence-electron chi connectivity index (χ2n) is 5.69. The fraction of sp³-hybridized carbons (Fsp3) is 0.222. The summed E-state index contributed by atoms with van der Waals surface area (Å²) >= 11 is 0. The Labute approximate surface area is 143 Å². The van der Waals surface area contributed by atoms with E-state index in [9.17, 15) is 9.18 Å². The smallest absolute Gasteiger partial charge is 0.268 e. The Morgan fingerprint density at radius 2 is 1.96 bits per heavy atom. The van der Waals surface area contributed by atoms with E-state index in [0.29, 0.717) is 41.7 Å². The van der Waals surface area contributed by atoms with Gasteiger partial charge in [-0.25, -0.2) is 4.39 Å². The summed E-state index contributed by atoms with van der Waals surface area (Å²) in [6.45, 7) is 0.982. The number of rotatable bonds is 3. The first-order chi connectivity index (χ1) is 12.2. The van der Waals surface area contributed by atoms with E-state index in [2.05, 4.69) is 10.5 Å². The molecule has 2 aliphatic heterocycles. The van der Waals surface area contributed by atoms with E-state index in [1.807, 2.05) is 0 Å². The molecule has 6 nitrogen and oxygen atoms in total. The van der Waals surface area contributed by atoms with Gasteiger partial charge in [0.05, 0.1) is 5.71 Å². The number of carbonyl (C=O) groups excluding carboxylic acids is 1. The minimum absolute atomic E-state index is 0.278. The molecule has 7 heteroatoms. The summed E-state index contributed by atoms with van der Waals surface area (Å²) in [7, 11) is 0. The molecule has 0 fully saturated rings. The molecule has 0 aromatic heterocycles. The number of ether oxygens (including phenoxy) is 2. The van der Waals surface area contributed by atoms with Gasteiger partial charge in [0.15, 0.2) is 11.5 Å². The van der Waals surface area contributed by atoms with Gasteiger partial charge < -0.3 is 19.6 Å². The van der Waals surface area contributed by atoms with Gasteiger partial charge in [-0.15, -0.1) is 0 Å². The summed E-state index contributed by atoms with van der Waals surface area (Å²) in [5.74, 6) is 0.558. The first-order valence-corrected chi connectivity index (χ1v) is 7.88. The average Bonchev–Trinajstić information content (AvgIpc) is 3.12. The van der Waals surface area contributed by atoms with Gasteiger partial charge in [-0.1, -0.05) is 17.3 Å². The first-order valence-electron chi connectivity index (χ1n) is 7.88. The van der Waals surface area contributed by atoms with Crippen LogP contribution in [0.5, 0.6) is 11.5 Å². The molecule has 0 bridgehead atoms. The molecule has 0 saturated carbocycles. The van der Waals surface area contributed by atoms with Gasteiger partial charge in [-0.2, -0.15) is 0 Å². The molecule has 2 aromatic rings. The van der Waals surface area contributed by atoms with Crippen molar-refractivity contribution >= 4 is 17.3 Å². The summed E-state index contributed by atoms with van der Waals surface area (Å²) in [6, 6.07) is 11.2. The van der Waals surface area contributed by atoms with Gasteiger partial charge in [-0.05, 0) is 24.3 Å². The van der Waals surface area contributed by atoms with Crippen molar-refractivity contribution in [1.29, 1.82) is 0 Å². The minimum atomic E-state index is -0.758. The molecule has 1 N–H and O–H groups in total. The summed E-state index contributed by atoms with van der Waals surface area (Å²) < 4.78 is 24.2. The standard InChI is InChI=1S/C18H15FN2O4/c19-12-3-1-2-11(8-12)14-10-17(25-21-14)18(22)20-13-4-5-15-16(9-13)24-7-6-23-15/h1-5,8-9,17H,6-7,10H2,(H,20,22).